The zero-order chi connectivity index (χ0) is 25.0. The Hall–Kier alpha value is -3.92. The minimum atomic E-state index is -1.89. The monoisotopic (exact) mass is 472 g/mol. The predicted molar refractivity (Wildman–Crippen MR) is 117 cm³/mol. The van der Waals surface area contributed by atoms with Gasteiger partial charge in [0.05, 0.1) is 12.0 Å². The molecular weight excluding hydrogens is 450 g/mol. The van der Waals surface area contributed by atoms with Gasteiger partial charge in [0.25, 0.3) is 5.88 Å². The average Bonchev–Trinajstić information content (AvgIpc) is 2.80. The van der Waals surface area contributed by atoms with Gasteiger partial charge in [-0.15, -0.1) is 0 Å². The standard InChI is InChI=1S/C24H22F2N2O6/c1-14-12-15(2)27-22(20(14)28(30)31)34-21(23(29)32-3)24(33-4,16-8-6-5-7-9-16)17-10-11-18(25)19(26)13-17/h5-13,21H,1-4H3. The summed E-state index contributed by atoms with van der Waals surface area (Å²) in [6, 6.07) is 12.7. The lowest BCUT2D eigenvalue weighted by Crippen LogP contribution is -2.51. The van der Waals surface area contributed by atoms with Crippen molar-refractivity contribution in [1.29, 1.82) is 0 Å². The van der Waals surface area contributed by atoms with Crippen LogP contribution in [0.15, 0.2) is 54.6 Å². The number of nitrogens with zero attached hydrogens (tertiary/aromatic N) is 2. The number of pyridine rings is 1. The molecule has 2 aromatic carbocycles. The van der Waals surface area contributed by atoms with Crippen LogP contribution in [0, 0.1) is 35.6 Å². The molecule has 0 aliphatic carbocycles. The van der Waals surface area contributed by atoms with E-state index in [0.717, 1.165) is 19.2 Å². The zero-order valence-corrected chi connectivity index (χ0v) is 18.9. The van der Waals surface area contributed by atoms with Crippen LogP contribution in [0.4, 0.5) is 14.5 Å². The van der Waals surface area contributed by atoms with Gasteiger partial charge in [0.2, 0.25) is 6.10 Å². The van der Waals surface area contributed by atoms with Crippen LogP contribution in [-0.4, -0.2) is 36.2 Å². The van der Waals surface area contributed by atoms with Crippen molar-refractivity contribution in [3.8, 4) is 5.88 Å². The van der Waals surface area contributed by atoms with Gasteiger partial charge in [0.15, 0.2) is 17.2 Å². The molecule has 0 spiro atoms. The van der Waals surface area contributed by atoms with E-state index in [9.17, 15) is 23.7 Å². The number of ether oxygens (including phenoxy) is 3. The largest absolute Gasteiger partial charge is 0.466 e. The summed E-state index contributed by atoms with van der Waals surface area (Å²) < 4.78 is 44.7. The van der Waals surface area contributed by atoms with E-state index in [1.54, 1.807) is 37.3 Å². The highest BCUT2D eigenvalue weighted by atomic mass is 19.2. The summed E-state index contributed by atoms with van der Waals surface area (Å²) in [5, 5.41) is 11.8. The molecule has 178 valence electrons. The second-order valence-corrected chi connectivity index (χ2v) is 7.45. The van der Waals surface area contributed by atoms with Crippen molar-refractivity contribution in [1.82, 2.24) is 4.98 Å². The van der Waals surface area contributed by atoms with Crippen LogP contribution in [0.3, 0.4) is 0 Å². The molecule has 8 nitrogen and oxygen atoms in total. The SMILES string of the molecule is COC(=O)C(Oc1nc(C)cc(C)c1[N+](=O)[O-])C(OC)(c1ccccc1)c1ccc(F)c(F)c1. The molecule has 0 aliphatic heterocycles. The van der Waals surface area contributed by atoms with E-state index in [4.69, 9.17) is 14.2 Å². The molecule has 0 bridgehead atoms. The van der Waals surface area contributed by atoms with Gasteiger partial charge in [0, 0.05) is 18.4 Å². The molecule has 0 amide bonds. The van der Waals surface area contributed by atoms with Gasteiger partial charge in [-0.2, -0.15) is 0 Å². The molecule has 0 radical (unpaired) electrons. The van der Waals surface area contributed by atoms with Crippen LogP contribution in [0.5, 0.6) is 5.88 Å². The average molecular weight is 472 g/mol. The second kappa shape index (κ2) is 9.92. The van der Waals surface area contributed by atoms with Crippen molar-refractivity contribution in [3.63, 3.8) is 0 Å². The Bertz CT molecular complexity index is 1220. The Labute approximate surface area is 194 Å². The number of aromatic nitrogens is 1. The molecule has 34 heavy (non-hydrogen) atoms. The van der Waals surface area contributed by atoms with E-state index in [1.165, 1.54) is 26.2 Å². The highest BCUT2D eigenvalue weighted by Crippen LogP contribution is 2.41. The lowest BCUT2D eigenvalue weighted by atomic mass is 9.81. The molecule has 0 saturated carbocycles. The summed E-state index contributed by atoms with van der Waals surface area (Å²) >= 11 is 0. The Morgan fingerprint density at radius 2 is 1.71 bits per heavy atom. The summed E-state index contributed by atoms with van der Waals surface area (Å²) in [5.74, 6) is -3.72. The van der Waals surface area contributed by atoms with Crippen LogP contribution < -0.4 is 4.74 Å². The summed E-state index contributed by atoms with van der Waals surface area (Å²) in [6.45, 7) is 3.11. The number of carbonyl (C=O) groups is 1. The number of hydrogen-bond donors (Lipinski definition) is 0. The fourth-order valence-electron chi connectivity index (χ4n) is 3.84. The third-order valence-corrected chi connectivity index (χ3v) is 5.35. The minimum absolute atomic E-state index is 0.0162. The van der Waals surface area contributed by atoms with E-state index < -0.39 is 45.8 Å². The maximum Gasteiger partial charge on any atom is 0.350 e. The van der Waals surface area contributed by atoms with E-state index in [2.05, 4.69) is 4.98 Å². The van der Waals surface area contributed by atoms with Gasteiger partial charge in [-0.25, -0.2) is 18.6 Å². The fourth-order valence-corrected chi connectivity index (χ4v) is 3.84. The molecule has 10 heteroatoms. The highest BCUT2D eigenvalue weighted by molar-refractivity contribution is 5.78. The lowest BCUT2D eigenvalue weighted by molar-refractivity contribution is -0.387. The van der Waals surface area contributed by atoms with Crippen molar-refractivity contribution >= 4 is 11.7 Å². The molecule has 3 aromatic rings. The maximum atomic E-state index is 14.3. The first-order chi connectivity index (χ1) is 16.1. The molecular formula is C24H22F2N2O6. The maximum absolute atomic E-state index is 14.3. The van der Waals surface area contributed by atoms with Crippen LogP contribution in [0.1, 0.15) is 22.4 Å². The van der Waals surface area contributed by atoms with Crippen molar-refractivity contribution < 1.29 is 32.7 Å². The third-order valence-electron chi connectivity index (χ3n) is 5.35. The first-order valence-electron chi connectivity index (χ1n) is 10.1. The third kappa shape index (κ3) is 4.44. The number of halogens is 2. The summed E-state index contributed by atoms with van der Waals surface area (Å²) in [5.41, 5.74) is -1.35. The number of esters is 1. The van der Waals surface area contributed by atoms with Crippen molar-refractivity contribution in [3.05, 3.63) is 98.7 Å². The first kappa shape index (κ1) is 24.7. The summed E-state index contributed by atoms with van der Waals surface area (Å²) in [6.07, 6.45) is -1.73. The number of methoxy groups -OCH3 is 2. The summed E-state index contributed by atoms with van der Waals surface area (Å²) in [7, 11) is 2.34. The number of carbonyl (C=O) groups excluding carboxylic acids is 1. The molecule has 3 rings (SSSR count). The van der Waals surface area contributed by atoms with Crippen molar-refractivity contribution in [2.45, 2.75) is 25.6 Å². The second-order valence-electron chi connectivity index (χ2n) is 7.45. The molecule has 2 unspecified atom stereocenters. The number of benzene rings is 2. The molecule has 0 saturated heterocycles. The number of hydrogen-bond acceptors (Lipinski definition) is 7. The Morgan fingerprint density at radius 3 is 2.26 bits per heavy atom. The predicted octanol–water partition coefficient (Wildman–Crippen LogP) is 4.40. The van der Waals surface area contributed by atoms with Crippen LogP contribution >= 0.6 is 0 Å². The number of rotatable bonds is 8. The summed E-state index contributed by atoms with van der Waals surface area (Å²) in [4.78, 5) is 28.3. The van der Waals surface area contributed by atoms with Gasteiger partial charge >= 0.3 is 11.7 Å². The van der Waals surface area contributed by atoms with Crippen LogP contribution in [0.25, 0.3) is 0 Å². The molecule has 0 N–H and O–H groups in total. The van der Waals surface area contributed by atoms with Gasteiger partial charge in [-0.1, -0.05) is 36.4 Å². The Kier molecular flexibility index (Phi) is 7.21. The van der Waals surface area contributed by atoms with Crippen LogP contribution in [-0.2, 0) is 19.9 Å². The van der Waals surface area contributed by atoms with Gasteiger partial charge in [-0.05, 0) is 43.2 Å². The quantitative estimate of drug-likeness (QED) is 0.272. The fraction of sp³-hybridized carbons (Fsp3) is 0.250. The van der Waals surface area contributed by atoms with E-state index >= 15 is 0 Å². The Balaban J connectivity index is 2.34. The number of nitro groups is 1. The van der Waals surface area contributed by atoms with Crippen LogP contribution in [0.2, 0.25) is 0 Å². The Morgan fingerprint density at radius 1 is 1.03 bits per heavy atom. The molecule has 1 aromatic heterocycles. The molecule has 1 heterocycles. The lowest BCUT2D eigenvalue weighted by Gasteiger charge is -2.38. The zero-order valence-electron chi connectivity index (χ0n) is 18.9. The van der Waals surface area contributed by atoms with E-state index in [0.29, 0.717) is 11.3 Å². The van der Waals surface area contributed by atoms with Gasteiger partial charge in [-0.3, -0.25) is 10.1 Å². The van der Waals surface area contributed by atoms with Gasteiger partial charge in [0.1, 0.15) is 0 Å². The minimum Gasteiger partial charge on any atom is -0.466 e. The smallest absolute Gasteiger partial charge is 0.350 e. The van der Waals surface area contributed by atoms with Crippen molar-refractivity contribution in [2.24, 2.45) is 0 Å². The van der Waals surface area contributed by atoms with Gasteiger partial charge < -0.3 is 14.2 Å². The molecule has 0 aliphatic rings. The normalized spacial score (nSPS) is 13.6. The van der Waals surface area contributed by atoms with Crippen molar-refractivity contribution in [2.75, 3.05) is 14.2 Å². The number of aryl methyl sites for hydroxylation is 2. The molecule has 0 fully saturated rings. The van der Waals surface area contributed by atoms with E-state index in [-0.39, 0.29) is 11.1 Å². The topological polar surface area (TPSA) is 101 Å². The highest BCUT2D eigenvalue weighted by Gasteiger charge is 2.51. The molecule has 2 atom stereocenters. The first-order valence-corrected chi connectivity index (χ1v) is 10.1. The van der Waals surface area contributed by atoms with E-state index in [1.807, 2.05) is 0 Å².